The number of ether oxygens (including phenoxy) is 1. The molecule has 1 unspecified atom stereocenters. The zero-order chi connectivity index (χ0) is 16.2. The van der Waals surface area contributed by atoms with Crippen LogP contribution in [-0.2, 0) is 0 Å². The molecule has 6 heteroatoms. The molecule has 1 fully saturated rings. The molecule has 0 aromatic heterocycles. The highest BCUT2D eigenvalue weighted by Crippen LogP contribution is 2.23. The molecule has 0 radical (unpaired) electrons. The Morgan fingerprint density at radius 3 is 2.96 bits per heavy atom. The molecule has 2 aromatic carbocycles. The second kappa shape index (κ2) is 7.17. The first kappa shape index (κ1) is 16.1. The maximum absolute atomic E-state index is 13.2. The summed E-state index contributed by atoms with van der Waals surface area (Å²) in [5.41, 5.74) is 5.24. The van der Waals surface area contributed by atoms with Crippen LogP contribution in [0.2, 0.25) is 5.02 Å². The van der Waals surface area contributed by atoms with Gasteiger partial charge in [-0.1, -0.05) is 23.7 Å². The van der Waals surface area contributed by atoms with E-state index < -0.39 is 5.82 Å². The van der Waals surface area contributed by atoms with E-state index in [2.05, 4.69) is 21.8 Å². The van der Waals surface area contributed by atoms with Crippen molar-refractivity contribution >= 4 is 17.3 Å². The van der Waals surface area contributed by atoms with E-state index in [9.17, 15) is 4.39 Å². The Labute approximate surface area is 140 Å². The highest BCUT2D eigenvalue weighted by atomic mass is 35.5. The van der Waals surface area contributed by atoms with Crippen LogP contribution >= 0.6 is 11.6 Å². The topological polar surface area (TPSA) is 36.5 Å². The van der Waals surface area contributed by atoms with Crippen molar-refractivity contribution in [3.8, 4) is 5.75 Å². The van der Waals surface area contributed by atoms with Crippen LogP contribution in [0.5, 0.6) is 5.75 Å². The van der Waals surface area contributed by atoms with Crippen LogP contribution in [0.4, 0.5) is 10.1 Å². The minimum Gasteiger partial charge on any atom is -0.497 e. The van der Waals surface area contributed by atoms with Crippen LogP contribution in [0.15, 0.2) is 42.5 Å². The largest absolute Gasteiger partial charge is 0.497 e. The minimum absolute atomic E-state index is 0.120. The molecule has 0 saturated carbocycles. The molecule has 1 saturated heterocycles. The first-order valence-corrected chi connectivity index (χ1v) is 7.87. The van der Waals surface area contributed by atoms with Gasteiger partial charge in [0.1, 0.15) is 11.6 Å². The molecular weight excluding hydrogens is 317 g/mol. The molecule has 1 heterocycles. The third-order valence-electron chi connectivity index (χ3n) is 3.88. The molecule has 0 amide bonds. The molecule has 23 heavy (non-hydrogen) atoms. The number of piperazine rings is 1. The van der Waals surface area contributed by atoms with Crippen molar-refractivity contribution in [2.45, 2.75) is 6.04 Å². The third kappa shape index (κ3) is 3.93. The summed E-state index contributed by atoms with van der Waals surface area (Å²) in [5, 5.41) is 5.72. The highest BCUT2D eigenvalue weighted by Gasteiger charge is 2.21. The summed E-state index contributed by atoms with van der Waals surface area (Å²) in [6.45, 7) is 2.47. The van der Waals surface area contributed by atoms with Gasteiger partial charge in [-0.2, -0.15) is 0 Å². The number of nitrogens with one attached hydrogen (secondary N) is 2. The Balaban J connectivity index is 1.69. The SMILES string of the molecule is COc1cccc(C2CN(Nc3ccc(F)c(Cl)c3)CCN2)c1. The van der Waals surface area contributed by atoms with Crippen molar-refractivity contribution in [3.05, 3.63) is 58.9 Å². The van der Waals surface area contributed by atoms with E-state index in [4.69, 9.17) is 16.3 Å². The maximum atomic E-state index is 13.2. The van der Waals surface area contributed by atoms with Crippen molar-refractivity contribution in [3.63, 3.8) is 0 Å². The van der Waals surface area contributed by atoms with Crippen LogP contribution in [0.25, 0.3) is 0 Å². The van der Waals surface area contributed by atoms with Gasteiger partial charge >= 0.3 is 0 Å². The predicted octanol–water partition coefficient (Wildman–Crippen LogP) is 3.46. The highest BCUT2D eigenvalue weighted by molar-refractivity contribution is 6.31. The van der Waals surface area contributed by atoms with E-state index in [0.29, 0.717) is 0 Å². The summed E-state index contributed by atoms with van der Waals surface area (Å²) in [6, 6.07) is 12.9. The van der Waals surface area contributed by atoms with Crippen LogP contribution < -0.4 is 15.5 Å². The standard InChI is InChI=1S/C17H19ClFN3O/c1-23-14-4-2-3-12(9-14)17-11-22(8-7-20-17)21-13-5-6-16(19)15(18)10-13/h2-6,9-10,17,20-21H,7-8,11H2,1H3. The number of rotatable bonds is 4. The molecule has 0 bridgehead atoms. The lowest BCUT2D eigenvalue weighted by atomic mass is 10.0. The second-order valence-electron chi connectivity index (χ2n) is 5.47. The zero-order valence-corrected chi connectivity index (χ0v) is 13.6. The van der Waals surface area contributed by atoms with Crippen molar-refractivity contribution in [1.29, 1.82) is 0 Å². The second-order valence-corrected chi connectivity index (χ2v) is 5.88. The molecule has 1 aliphatic heterocycles. The molecule has 2 N–H and O–H groups in total. The van der Waals surface area contributed by atoms with Crippen molar-refractivity contribution in [2.24, 2.45) is 0 Å². The molecule has 4 nitrogen and oxygen atoms in total. The summed E-state index contributed by atoms with van der Waals surface area (Å²) in [4.78, 5) is 0. The molecule has 0 aliphatic carbocycles. The van der Waals surface area contributed by atoms with Gasteiger partial charge in [0, 0.05) is 25.7 Å². The molecule has 122 valence electrons. The van der Waals surface area contributed by atoms with Gasteiger partial charge < -0.3 is 15.5 Å². The molecule has 3 rings (SSSR count). The van der Waals surface area contributed by atoms with Gasteiger partial charge in [0.05, 0.1) is 17.8 Å². The minimum atomic E-state index is -0.410. The monoisotopic (exact) mass is 335 g/mol. The van der Waals surface area contributed by atoms with E-state index in [1.807, 2.05) is 18.2 Å². The average Bonchev–Trinajstić information content (AvgIpc) is 2.58. The van der Waals surface area contributed by atoms with Gasteiger partial charge in [0.2, 0.25) is 0 Å². The maximum Gasteiger partial charge on any atom is 0.141 e. The molecule has 0 spiro atoms. The fourth-order valence-electron chi connectivity index (χ4n) is 2.68. The van der Waals surface area contributed by atoms with E-state index in [0.717, 1.165) is 31.1 Å². The number of nitrogens with zero attached hydrogens (tertiary/aromatic N) is 1. The molecule has 1 atom stereocenters. The van der Waals surface area contributed by atoms with Crippen molar-refractivity contribution < 1.29 is 9.13 Å². The summed E-state index contributed by atoms with van der Waals surface area (Å²) in [7, 11) is 1.67. The van der Waals surface area contributed by atoms with Crippen LogP contribution in [0.1, 0.15) is 11.6 Å². The smallest absolute Gasteiger partial charge is 0.141 e. The first-order chi connectivity index (χ1) is 11.2. The van der Waals surface area contributed by atoms with Crippen molar-refractivity contribution in [1.82, 2.24) is 10.3 Å². The van der Waals surface area contributed by atoms with E-state index in [1.54, 1.807) is 19.2 Å². The summed E-state index contributed by atoms with van der Waals surface area (Å²) in [5.74, 6) is 0.437. The Bertz CT molecular complexity index is 683. The average molecular weight is 336 g/mol. The number of benzene rings is 2. The number of anilines is 1. The van der Waals surface area contributed by atoms with Crippen molar-refractivity contribution in [2.75, 3.05) is 32.2 Å². The summed E-state index contributed by atoms with van der Waals surface area (Å²) in [6.07, 6.45) is 0. The van der Waals surface area contributed by atoms with Crippen LogP contribution in [0, 0.1) is 5.82 Å². The van der Waals surface area contributed by atoms with Gasteiger partial charge in [-0.05, 0) is 35.9 Å². The lowest BCUT2D eigenvalue weighted by molar-refractivity contribution is 0.237. The number of hydrogen-bond donors (Lipinski definition) is 2. The Morgan fingerprint density at radius 1 is 1.30 bits per heavy atom. The lowest BCUT2D eigenvalue weighted by Crippen LogP contribution is -2.48. The Hall–Kier alpha value is -1.82. The quantitative estimate of drug-likeness (QED) is 0.897. The number of hydrazine groups is 1. The Morgan fingerprint density at radius 2 is 2.17 bits per heavy atom. The zero-order valence-electron chi connectivity index (χ0n) is 12.9. The molecular formula is C17H19ClFN3O. The van der Waals surface area contributed by atoms with Crippen LogP contribution in [-0.4, -0.2) is 31.8 Å². The van der Waals surface area contributed by atoms with Crippen LogP contribution in [0.3, 0.4) is 0 Å². The van der Waals surface area contributed by atoms with Gasteiger partial charge in [-0.15, -0.1) is 0 Å². The van der Waals surface area contributed by atoms with E-state index in [-0.39, 0.29) is 11.1 Å². The number of methoxy groups -OCH3 is 1. The van der Waals surface area contributed by atoms with Gasteiger partial charge in [-0.25, -0.2) is 9.40 Å². The number of hydrogen-bond acceptors (Lipinski definition) is 4. The predicted molar refractivity (Wildman–Crippen MR) is 90.3 cm³/mol. The van der Waals surface area contributed by atoms with E-state index >= 15 is 0 Å². The van der Waals surface area contributed by atoms with Gasteiger partial charge in [-0.3, -0.25) is 0 Å². The summed E-state index contributed by atoms with van der Waals surface area (Å²) < 4.78 is 18.5. The first-order valence-electron chi connectivity index (χ1n) is 7.49. The Kier molecular flexibility index (Phi) is 5.00. The van der Waals surface area contributed by atoms with E-state index in [1.165, 1.54) is 11.6 Å². The lowest BCUT2D eigenvalue weighted by Gasteiger charge is -2.34. The van der Waals surface area contributed by atoms with Gasteiger partial charge in [0.15, 0.2) is 0 Å². The third-order valence-corrected chi connectivity index (χ3v) is 4.17. The molecule has 1 aliphatic rings. The summed E-state index contributed by atoms with van der Waals surface area (Å²) >= 11 is 5.83. The fraction of sp³-hybridized carbons (Fsp3) is 0.294. The normalized spacial score (nSPS) is 18.7. The number of halogens is 2. The molecule has 2 aromatic rings. The fourth-order valence-corrected chi connectivity index (χ4v) is 2.86. The van der Waals surface area contributed by atoms with Gasteiger partial charge in [0.25, 0.3) is 0 Å².